The number of amides is 1. The maximum absolute atomic E-state index is 13.3. The molecule has 0 saturated carbocycles. The maximum atomic E-state index is 13.3. The van der Waals surface area contributed by atoms with Gasteiger partial charge in [0, 0.05) is 18.7 Å². The summed E-state index contributed by atoms with van der Waals surface area (Å²) in [6.45, 7) is 7.68. The summed E-state index contributed by atoms with van der Waals surface area (Å²) < 4.78 is 19.0. The van der Waals surface area contributed by atoms with E-state index in [1.165, 1.54) is 12.1 Å². The van der Waals surface area contributed by atoms with Crippen LogP contribution in [0.2, 0.25) is 0 Å². The second-order valence-electron chi connectivity index (χ2n) is 4.94. The second kappa shape index (κ2) is 9.34. The quantitative estimate of drug-likeness (QED) is 0.689. The van der Waals surface area contributed by atoms with Crippen LogP contribution in [-0.2, 0) is 11.3 Å². The molecule has 0 aliphatic heterocycles. The van der Waals surface area contributed by atoms with Gasteiger partial charge in [0.25, 0.3) is 5.91 Å². The van der Waals surface area contributed by atoms with Crippen molar-refractivity contribution in [3.8, 4) is 5.75 Å². The molecule has 2 N–H and O–H groups in total. The second-order valence-corrected chi connectivity index (χ2v) is 4.94. The topological polar surface area (TPSA) is 50.4 Å². The number of nitrogens with one attached hydrogen (secondary N) is 2. The molecule has 118 valence electrons. The van der Waals surface area contributed by atoms with E-state index in [1.807, 2.05) is 6.92 Å². The maximum Gasteiger partial charge on any atom is 0.260 e. The minimum Gasteiger partial charge on any atom is -0.481 e. The standard InChI is InChI=1S/C16H25FN2O2/c1-4-6-9-19-16(20)12(3)21-15-8-7-14(17)10-13(15)11-18-5-2/h7-8,10,12,18H,4-6,9,11H2,1-3H3,(H,19,20). The molecule has 1 atom stereocenters. The first-order valence-corrected chi connectivity index (χ1v) is 7.52. The molecule has 5 heteroatoms. The van der Waals surface area contributed by atoms with Crippen molar-refractivity contribution >= 4 is 5.91 Å². The molecular weight excluding hydrogens is 271 g/mol. The zero-order valence-electron chi connectivity index (χ0n) is 13.0. The lowest BCUT2D eigenvalue weighted by Crippen LogP contribution is -2.37. The Morgan fingerprint density at radius 2 is 2.14 bits per heavy atom. The highest BCUT2D eigenvalue weighted by Crippen LogP contribution is 2.21. The smallest absolute Gasteiger partial charge is 0.260 e. The highest BCUT2D eigenvalue weighted by molar-refractivity contribution is 5.80. The minimum atomic E-state index is -0.604. The van der Waals surface area contributed by atoms with Gasteiger partial charge < -0.3 is 15.4 Å². The fourth-order valence-electron chi connectivity index (χ4n) is 1.84. The number of unbranched alkanes of at least 4 members (excludes halogenated alkanes) is 1. The Kier molecular flexibility index (Phi) is 7.75. The van der Waals surface area contributed by atoms with E-state index in [0.29, 0.717) is 24.4 Å². The molecule has 1 aromatic carbocycles. The first-order chi connectivity index (χ1) is 10.1. The van der Waals surface area contributed by atoms with Crippen LogP contribution < -0.4 is 15.4 Å². The molecule has 0 aliphatic carbocycles. The number of benzene rings is 1. The van der Waals surface area contributed by atoms with Crippen molar-refractivity contribution < 1.29 is 13.9 Å². The van der Waals surface area contributed by atoms with E-state index in [-0.39, 0.29) is 11.7 Å². The lowest BCUT2D eigenvalue weighted by molar-refractivity contribution is -0.127. The van der Waals surface area contributed by atoms with Crippen molar-refractivity contribution in [1.29, 1.82) is 0 Å². The average Bonchev–Trinajstić information content (AvgIpc) is 2.47. The molecule has 0 aliphatic rings. The number of carbonyl (C=O) groups is 1. The van der Waals surface area contributed by atoms with E-state index >= 15 is 0 Å². The largest absolute Gasteiger partial charge is 0.481 e. The number of carbonyl (C=O) groups excluding carboxylic acids is 1. The first kappa shape index (κ1) is 17.4. The summed E-state index contributed by atoms with van der Waals surface area (Å²) >= 11 is 0. The molecule has 1 aromatic rings. The first-order valence-electron chi connectivity index (χ1n) is 7.52. The van der Waals surface area contributed by atoms with Crippen LogP contribution in [0.4, 0.5) is 4.39 Å². The predicted octanol–water partition coefficient (Wildman–Crippen LogP) is 2.62. The molecule has 0 saturated heterocycles. The van der Waals surface area contributed by atoms with Gasteiger partial charge in [-0.3, -0.25) is 4.79 Å². The zero-order valence-corrected chi connectivity index (χ0v) is 13.0. The Morgan fingerprint density at radius 1 is 1.38 bits per heavy atom. The molecule has 0 radical (unpaired) electrons. The summed E-state index contributed by atoms with van der Waals surface area (Å²) in [4.78, 5) is 11.9. The average molecular weight is 296 g/mol. The molecular formula is C16H25FN2O2. The van der Waals surface area contributed by atoms with E-state index in [4.69, 9.17) is 4.74 Å². The van der Waals surface area contributed by atoms with Crippen LogP contribution >= 0.6 is 0 Å². The highest BCUT2D eigenvalue weighted by atomic mass is 19.1. The van der Waals surface area contributed by atoms with E-state index in [0.717, 1.165) is 19.4 Å². The van der Waals surface area contributed by atoms with E-state index in [1.54, 1.807) is 13.0 Å². The number of ether oxygens (including phenoxy) is 1. The summed E-state index contributed by atoms with van der Waals surface area (Å²) in [7, 11) is 0. The van der Waals surface area contributed by atoms with Crippen LogP contribution in [0.15, 0.2) is 18.2 Å². The number of halogens is 1. The summed E-state index contributed by atoms with van der Waals surface area (Å²) in [6.07, 6.45) is 1.37. The van der Waals surface area contributed by atoms with E-state index < -0.39 is 6.10 Å². The van der Waals surface area contributed by atoms with Crippen LogP contribution in [0.3, 0.4) is 0 Å². The molecule has 0 fully saturated rings. The van der Waals surface area contributed by atoms with Gasteiger partial charge in [-0.2, -0.15) is 0 Å². The van der Waals surface area contributed by atoms with Crippen molar-refractivity contribution in [3.63, 3.8) is 0 Å². The Bertz CT molecular complexity index is 452. The Morgan fingerprint density at radius 3 is 2.81 bits per heavy atom. The molecule has 0 spiro atoms. The van der Waals surface area contributed by atoms with Crippen LogP contribution in [0.1, 0.15) is 39.2 Å². The highest BCUT2D eigenvalue weighted by Gasteiger charge is 2.16. The van der Waals surface area contributed by atoms with Crippen molar-refractivity contribution in [1.82, 2.24) is 10.6 Å². The van der Waals surface area contributed by atoms with Crippen LogP contribution in [0.5, 0.6) is 5.75 Å². The minimum absolute atomic E-state index is 0.151. The van der Waals surface area contributed by atoms with Gasteiger partial charge in [0.2, 0.25) is 0 Å². The number of hydrogen-bond donors (Lipinski definition) is 2. The van der Waals surface area contributed by atoms with Crippen molar-refractivity contribution in [3.05, 3.63) is 29.6 Å². The van der Waals surface area contributed by atoms with Gasteiger partial charge in [-0.05, 0) is 38.1 Å². The molecule has 1 unspecified atom stereocenters. The lowest BCUT2D eigenvalue weighted by Gasteiger charge is -2.17. The molecule has 0 heterocycles. The summed E-state index contributed by atoms with van der Waals surface area (Å²) in [5, 5.41) is 5.95. The van der Waals surface area contributed by atoms with Crippen LogP contribution in [-0.4, -0.2) is 25.1 Å². The molecule has 0 aromatic heterocycles. The third kappa shape index (κ3) is 6.12. The third-order valence-electron chi connectivity index (χ3n) is 3.09. The Balaban J connectivity index is 2.65. The normalized spacial score (nSPS) is 12.0. The summed E-state index contributed by atoms with van der Waals surface area (Å²) in [5.41, 5.74) is 0.713. The van der Waals surface area contributed by atoms with Gasteiger partial charge in [-0.1, -0.05) is 20.3 Å². The van der Waals surface area contributed by atoms with E-state index in [2.05, 4.69) is 17.6 Å². The Labute approximate surface area is 126 Å². The van der Waals surface area contributed by atoms with Gasteiger partial charge >= 0.3 is 0 Å². The number of hydrogen-bond acceptors (Lipinski definition) is 3. The van der Waals surface area contributed by atoms with E-state index in [9.17, 15) is 9.18 Å². The zero-order chi connectivity index (χ0) is 15.7. The molecule has 21 heavy (non-hydrogen) atoms. The molecule has 0 bridgehead atoms. The summed E-state index contributed by atoms with van der Waals surface area (Å²) in [5.74, 6) is 0.0768. The monoisotopic (exact) mass is 296 g/mol. The molecule has 4 nitrogen and oxygen atoms in total. The van der Waals surface area contributed by atoms with Gasteiger partial charge in [-0.15, -0.1) is 0 Å². The lowest BCUT2D eigenvalue weighted by atomic mass is 10.2. The third-order valence-corrected chi connectivity index (χ3v) is 3.09. The molecule has 1 rings (SSSR count). The number of rotatable bonds is 9. The van der Waals surface area contributed by atoms with Gasteiger partial charge in [0.1, 0.15) is 11.6 Å². The van der Waals surface area contributed by atoms with Crippen molar-refractivity contribution in [2.75, 3.05) is 13.1 Å². The fraction of sp³-hybridized carbons (Fsp3) is 0.562. The van der Waals surface area contributed by atoms with Crippen molar-refractivity contribution in [2.24, 2.45) is 0 Å². The van der Waals surface area contributed by atoms with Crippen LogP contribution in [0, 0.1) is 5.82 Å². The van der Waals surface area contributed by atoms with Gasteiger partial charge in [0.05, 0.1) is 0 Å². The Hall–Kier alpha value is -1.62. The molecule has 1 amide bonds. The summed E-state index contributed by atoms with van der Waals surface area (Å²) in [6, 6.07) is 4.34. The van der Waals surface area contributed by atoms with Crippen molar-refractivity contribution in [2.45, 2.75) is 46.3 Å². The predicted molar refractivity (Wildman–Crippen MR) is 81.8 cm³/mol. The fourth-order valence-corrected chi connectivity index (χ4v) is 1.84. The van der Waals surface area contributed by atoms with Gasteiger partial charge in [0.15, 0.2) is 6.10 Å². The van der Waals surface area contributed by atoms with Crippen LogP contribution in [0.25, 0.3) is 0 Å². The SMILES string of the molecule is CCCCNC(=O)C(C)Oc1ccc(F)cc1CNCC. The van der Waals surface area contributed by atoms with Gasteiger partial charge in [-0.25, -0.2) is 4.39 Å².